The topological polar surface area (TPSA) is 103 Å². The van der Waals surface area contributed by atoms with Crippen LogP contribution in [-0.2, 0) is 24.1 Å². The van der Waals surface area contributed by atoms with Crippen molar-refractivity contribution in [3.05, 3.63) is 64.7 Å². The summed E-state index contributed by atoms with van der Waals surface area (Å²) in [6.45, 7) is 4.80. The second-order valence-electron chi connectivity index (χ2n) is 9.67. The summed E-state index contributed by atoms with van der Waals surface area (Å²) in [6.07, 6.45) is 3.73. The van der Waals surface area contributed by atoms with Crippen LogP contribution in [0.4, 0.5) is 0 Å². The van der Waals surface area contributed by atoms with Crippen LogP contribution in [0.2, 0.25) is 0 Å². The van der Waals surface area contributed by atoms with Crippen LogP contribution in [0.3, 0.4) is 0 Å². The van der Waals surface area contributed by atoms with Crippen LogP contribution in [0, 0.1) is 17.2 Å². The monoisotopic (exact) mass is 450 g/mol. The van der Waals surface area contributed by atoms with Gasteiger partial charge in [-0.3, -0.25) is 4.79 Å². The Morgan fingerprint density at radius 3 is 2.58 bits per heavy atom. The maximum absolute atomic E-state index is 10.7. The molecule has 1 aliphatic rings. The van der Waals surface area contributed by atoms with Gasteiger partial charge in [0.05, 0.1) is 5.56 Å². The Balaban J connectivity index is 1.46. The molecule has 0 aliphatic heterocycles. The minimum absolute atomic E-state index is 0.0746. The third-order valence-corrected chi connectivity index (χ3v) is 6.20. The Kier molecular flexibility index (Phi) is 8.49. The van der Waals surface area contributed by atoms with Crippen molar-refractivity contribution in [2.24, 2.45) is 5.92 Å². The second-order valence-corrected chi connectivity index (χ2v) is 9.67. The molecule has 33 heavy (non-hydrogen) atoms. The molecule has 6 heteroatoms. The minimum Gasteiger partial charge on any atom is -0.489 e. The van der Waals surface area contributed by atoms with Crippen LogP contribution in [0.25, 0.3) is 0 Å². The van der Waals surface area contributed by atoms with Crippen molar-refractivity contribution in [1.29, 1.82) is 5.26 Å². The number of β-amino-alcohol motifs (C(OH)–C–C–N with tert-alkyl or cyclic N) is 1. The average Bonchev–Trinajstić information content (AvgIpc) is 3.17. The molecule has 1 unspecified atom stereocenters. The molecular weight excluding hydrogens is 416 g/mol. The van der Waals surface area contributed by atoms with E-state index in [1.54, 1.807) is 12.1 Å². The maximum atomic E-state index is 10.7. The average molecular weight is 451 g/mol. The van der Waals surface area contributed by atoms with Crippen LogP contribution in [0.15, 0.2) is 42.5 Å². The largest absolute Gasteiger partial charge is 0.489 e. The lowest BCUT2D eigenvalue weighted by molar-refractivity contribution is -0.137. The number of nitriles is 1. The normalized spacial score (nSPS) is 14.5. The number of carbonyl (C=O) groups is 1. The molecule has 0 aromatic heterocycles. The number of carboxylic acids is 1. The van der Waals surface area contributed by atoms with Crippen LogP contribution >= 0.6 is 0 Å². The summed E-state index contributed by atoms with van der Waals surface area (Å²) in [5, 5.41) is 32.1. The van der Waals surface area contributed by atoms with E-state index in [1.165, 1.54) is 11.1 Å². The summed E-state index contributed by atoms with van der Waals surface area (Å²) in [5.41, 5.74) is 4.10. The van der Waals surface area contributed by atoms with E-state index in [-0.39, 0.29) is 18.6 Å². The van der Waals surface area contributed by atoms with Gasteiger partial charge in [0.15, 0.2) is 0 Å². The van der Waals surface area contributed by atoms with Gasteiger partial charge < -0.3 is 20.3 Å². The molecule has 2 aromatic rings. The van der Waals surface area contributed by atoms with E-state index in [9.17, 15) is 15.2 Å². The first-order chi connectivity index (χ1) is 15.8. The number of ether oxygens (including phenoxy) is 1. The number of aliphatic carboxylic acids is 1. The van der Waals surface area contributed by atoms with Crippen molar-refractivity contribution in [2.45, 2.75) is 64.0 Å². The third-order valence-electron chi connectivity index (χ3n) is 6.20. The molecule has 0 radical (unpaired) electrons. The number of hydrogen-bond donors (Lipinski definition) is 3. The molecule has 0 saturated carbocycles. The summed E-state index contributed by atoms with van der Waals surface area (Å²) in [7, 11) is 0. The quantitative estimate of drug-likeness (QED) is 0.454. The van der Waals surface area contributed by atoms with Crippen molar-refractivity contribution in [3.8, 4) is 11.8 Å². The number of nitrogens with zero attached hydrogens (tertiary/aromatic N) is 1. The molecule has 3 rings (SSSR count). The Morgan fingerprint density at radius 1 is 1.24 bits per heavy atom. The summed E-state index contributed by atoms with van der Waals surface area (Å²) in [5.74, 6) is 0.198. The molecule has 0 bridgehead atoms. The van der Waals surface area contributed by atoms with Crippen LogP contribution in [0.5, 0.6) is 5.75 Å². The van der Waals surface area contributed by atoms with Crippen molar-refractivity contribution in [3.63, 3.8) is 0 Å². The first-order valence-corrected chi connectivity index (χ1v) is 11.6. The molecule has 0 fully saturated rings. The summed E-state index contributed by atoms with van der Waals surface area (Å²) < 4.78 is 5.77. The molecule has 6 nitrogen and oxygen atoms in total. The minimum atomic E-state index is -0.823. The Labute approximate surface area is 196 Å². The molecule has 1 atom stereocenters. The van der Waals surface area contributed by atoms with Crippen molar-refractivity contribution in [1.82, 2.24) is 5.32 Å². The van der Waals surface area contributed by atoms with E-state index in [0.29, 0.717) is 36.6 Å². The van der Waals surface area contributed by atoms with Crippen molar-refractivity contribution >= 4 is 5.97 Å². The molecule has 0 saturated heterocycles. The van der Waals surface area contributed by atoms with Crippen LogP contribution < -0.4 is 10.1 Å². The standard InChI is InChI=1S/C27H34N2O4/c1-27(2,15-20-12-21-7-3-4-8-22(21)13-20)29-17-24(30)18-33-25-14-19(6-5-9-26(31)32)10-11-23(25)16-28/h3-4,7-8,10-11,14,20,24,29-30H,5-6,9,12-13,15,17-18H2,1-2H3,(H,31,32). The molecule has 1 aliphatic carbocycles. The highest BCUT2D eigenvalue weighted by Gasteiger charge is 2.28. The number of aliphatic hydroxyl groups is 1. The van der Waals surface area contributed by atoms with Gasteiger partial charge in [-0.15, -0.1) is 0 Å². The molecule has 0 heterocycles. The first-order valence-electron chi connectivity index (χ1n) is 11.6. The van der Waals surface area contributed by atoms with Gasteiger partial charge in [0, 0.05) is 18.5 Å². The van der Waals surface area contributed by atoms with Gasteiger partial charge in [0.2, 0.25) is 0 Å². The fourth-order valence-electron chi connectivity index (χ4n) is 4.60. The number of carboxylic acid groups (broad SMARTS) is 1. The van der Waals surface area contributed by atoms with E-state index in [2.05, 4.69) is 49.5 Å². The Hall–Kier alpha value is -2.88. The van der Waals surface area contributed by atoms with Gasteiger partial charge in [-0.2, -0.15) is 5.26 Å². The zero-order chi connectivity index (χ0) is 23.8. The van der Waals surface area contributed by atoms with Crippen molar-refractivity contribution < 1.29 is 19.7 Å². The molecular formula is C27H34N2O4. The Bertz CT molecular complexity index is 971. The number of benzene rings is 2. The van der Waals surface area contributed by atoms with Gasteiger partial charge in [-0.05, 0) is 80.7 Å². The lowest BCUT2D eigenvalue weighted by Gasteiger charge is -2.30. The van der Waals surface area contributed by atoms with Gasteiger partial charge in [-0.25, -0.2) is 0 Å². The number of nitrogens with one attached hydrogen (secondary N) is 1. The number of fused-ring (bicyclic) bond motifs is 1. The van der Waals surface area contributed by atoms with E-state index >= 15 is 0 Å². The van der Waals surface area contributed by atoms with Crippen molar-refractivity contribution in [2.75, 3.05) is 13.2 Å². The van der Waals surface area contributed by atoms with E-state index in [4.69, 9.17) is 9.84 Å². The van der Waals surface area contributed by atoms with Gasteiger partial charge in [0.25, 0.3) is 0 Å². The molecule has 176 valence electrons. The highest BCUT2D eigenvalue weighted by molar-refractivity contribution is 5.66. The smallest absolute Gasteiger partial charge is 0.303 e. The molecule has 2 aromatic carbocycles. The van der Waals surface area contributed by atoms with Gasteiger partial charge in [0.1, 0.15) is 24.5 Å². The third kappa shape index (κ3) is 7.59. The maximum Gasteiger partial charge on any atom is 0.303 e. The molecule has 0 spiro atoms. The number of hydrogen-bond acceptors (Lipinski definition) is 5. The van der Waals surface area contributed by atoms with Crippen LogP contribution in [0.1, 0.15) is 55.4 Å². The molecule has 0 amide bonds. The van der Waals surface area contributed by atoms with Crippen LogP contribution in [-0.4, -0.2) is 41.0 Å². The lowest BCUT2D eigenvalue weighted by atomic mass is 9.88. The van der Waals surface area contributed by atoms with E-state index in [0.717, 1.165) is 24.8 Å². The predicted octanol–water partition coefficient (Wildman–Crippen LogP) is 3.88. The predicted molar refractivity (Wildman–Crippen MR) is 127 cm³/mol. The van der Waals surface area contributed by atoms with Gasteiger partial charge >= 0.3 is 5.97 Å². The summed E-state index contributed by atoms with van der Waals surface area (Å²) in [6, 6.07) is 16.0. The van der Waals surface area contributed by atoms with E-state index < -0.39 is 12.1 Å². The second kappa shape index (κ2) is 11.3. The number of aryl methyl sites for hydroxylation is 1. The number of rotatable bonds is 12. The summed E-state index contributed by atoms with van der Waals surface area (Å²) >= 11 is 0. The number of aliphatic hydroxyl groups excluding tert-OH is 1. The highest BCUT2D eigenvalue weighted by Crippen LogP contribution is 2.31. The highest BCUT2D eigenvalue weighted by atomic mass is 16.5. The Morgan fingerprint density at radius 2 is 1.94 bits per heavy atom. The molecule has 3 N–H and O–H groups in total. The fourth-order valence-corrected chi connectivity index (χ4v) is 4.60. The zero-order valence-electron chi connectivity index (χ0n) is 19.5. The zero-order valence-corrected chi connectivity index (χ0v) is 19.5. The fraction of sp³-hybridized carbons (Fsp3) is 0.481. The van der Waals surface area contributed by atoms with Gasteiger partial charge in [-0.1, -0.05) is 30.3 Å². The SMILES string of the molecule is CC(C)(CC1Cc2ccccc2C1)NCC(O)COc1cc(CCCC(=O)O)ccc1C#N. The lowest BCUT2D eigenvalue weighted by Crippen LogP contribution is -2.46. The first kappa shape index (κ1) is 24.8. The summed E-state index contributed by atoms with van der Waals surface area (Å²) in [4.78, 5) is 10.7. The van der Waals surface area contributed by atoms with E-state index in [1.807, 2.05) is 6.07 Å².